The molecule has 21 heavy (non-hydrogen) atoms. The largest absolute Gasteiger partial charge is 0.477 e. The maximum absolute atomic E-state index is 12.1. The lowest BCUT2D eigenvalue weighted by Gasteiger charge is -2.05. The highest BCUT2D eigenvalue weighted by Gasteiger charge is 2.18. The van der Waals surface area contributed by atoms with Crippen LogP contribution in [0.15, 0.2) is 23.2 Å². The van der Waals surface area contributed by atoms with Crippen molar-refractivity contribution in [2.45, 2.75) is 13.3 Å². The van der Waals surface area contributed by atoms with Gasteiger partial charge in [-0.2, -0.15) is 0 Å². The van der Waals surface area contributed by atoms with Crippen LogP contribution >= 0.6 is 22.7 Å². The van der Waals surface area contributed by atoms with Crippen LogP contribution < -0.4 is 5.32 Å². The summed E-state index contributed by atoms with van der Waals surface area (Å²) in [5.41, 5.74) is 1.78. The summed E-state index contributed by atoms with van der Waals surface area (Å²) in [7, 11) is 0. The molecule has 0 atom stereocenters. The number of thiazole rings is 1. The van der Waals surface area contributed by atoms with Gasteiger partial charge >= 0.3 is 5.97 Å². The first-order valence-electron chi connectivity index (χ1n) is 6.07. The number of nitrogens with one attached hydrogen (secondary N) is 1. The third-order valence-electron chi connectivity index (χ3n) is 2.92. The SMILES string of the molecule is Cc1csc(C(=O)O)c1NC(=O)Cc1cn2ccsc2n1. The molecule has 0 radical (unpaired) electrons. The Bertz CT molecular complexity index is 802. The third-order valence-corrected chi connectivity index (χ3v) is 4.78. The molecule has 0 saturated heterocycles. The van der Waals surface area contributed by atoms with E-state index in [-0.39, 0.29) is 17.2 Å². The standard InChI is InChI=1S/C13H11N3O3S2/c1-7-6-21-11(12(18)19)10(7)15-9(17)4-8-5-16-2-3-20-13(16)14-8/h2-3,5-6H,4H2,1H3,(H,15,17)(H,18,19). The topological polar surface area (TPSA) is 83.7 Å². The minimum atomic E-state index is -1.04. The van der Waals surface area contributed by atoms with Gasteiger partial charge in [0, 0.05) is 17.8 Å². The van der Waals surface area contributed by atoms with Crippen molar-refractivity contribution in [2.75, 3.05) is 5.32 Å². The highest BCUT2D eigenvalue weighted by molar-refractivity contribution is 7.15. The van der Waals surface area contributed by atoms with Gasteiger partial charge < -0.3 is 10.4 Å². The number of hydrogen-bond acceptors (Lipinski definition) is 5. The van der Waals surface area contributed by atoms with Crippen LogP contribution in [0.5, 0.6) is 0 Å². The monoisotopic (exact) mass is 321 g/mol. The molecule has 0 spiro atoms. The molecule has 3 rings (SSSR count). The number of nitrogens with zero attached hydrogens (tertiary/aromatic N) is 2. The van der Waals surface area contributed by atoms with E-state index in [1.807, 2.05) is 16.0 Å². The molecular formula is C13H11N3O3S2. The average molecular weight is 321 g/mol. The van der Waals surface area contributed by atoms with Crippen LogP contribution in [0.3, 0.4) is 0 Å². The summed E-state index contributed by atoms with van der Waals surface area (Å²) in [5, 5.41) is 15.4. The van der Waals surface area contributed by atoms with Crippen molar-refractivity contribution in [1.82, 2.24) is 9.38 Å². The molecule has 0 aromatic carbocycles. The number of hydrogen-bond donors (Lipinski definition) is 2. The van der Waals surface area contributed by atoms with Gasteiger partial charge in [0.15, 0.2) is 4.96 Å². The summed E-state index contributed by atoms with van der Waals surface area (Å²) in [5.74, 6) is -1.31. The van der Waals surface area contributed by atoms with Crippen molar-refractivity contribution in [3.8, 4) is 0 Å². The summed E-state index contributed by atoms with van der Waals surface area (Å²) in [6, 6.07) is 0. The van der Waals surface area contributed by atoms with Gasteiger partial charge in [-0.3, -0.25) is 9.20 Å². The van der Waals surface area contributed by atoms with Crippen LogP contribution in [0.2, 0.25) is 0 Å². The van der Waals surface area contributed by atoms with E-state index in [1.165, 1.54) is 11.3 Å². The number of thiophene rings is 1. The number of imidazole rings is 1. The third kappa shape index (κ3) is 2.67. The van der Waals surface area contributed by atoms with Crippen molar-refractivity contribution < 1.29 is 14.7 Å². The summed E-state index contributed by atoms with van der Waals surface area (Å²) in [4.78, 5) is 28.5. The van der Waals surface area contributed by atoms with Gasteiger partial charge in [0.25, 0.3) is 0 Å². The number of carboxylic acids is 1. The predicted octanol–water partition coefficient (Wildman–Crippen LogP) is 2.65. The van der Waals surface area contributed by atoms with Crippen molar-refractivity contribution >= 4 is 45.2 Å². The number of aromatic nitrogens is 2. The smallest absolute Gasteiger partial charge is 0.348 e. The first-order valence-corrected chi connectivity index (χ1v) is 7.83. The summed E-state index contributed by atoms with van der Waals surface area (Å²) >= 11 is 2.60. The Hall–Kier alpha value is -2.19. The number of aryl methyl sites for hydroxylation is 1. The number of carboxylic acid groups (broad SMARTS) is 1. The minimum Gasteiger partial charge on any atom is -0.477 e. The highest BCUT2D eigenvalue weighted by Crippen LogP contribution is 2.27. The van der Waals surface area contributed by atoms with Crippen molar-refractivity contribution in [3.05, 3.63) is 39.3 Å². The Balaban J connectivity index is 1.76. The lowest BCUT2D eigenvalue weighted by atomic mass is 10.2. The van der Waals surface area contributed by atoms with Gasteiger partial charge in [0.05, 0.1) is 17.8 Å². The first kappa shape index (κ1) is 13.8. The highest BCUT2D eigenvalue weighted by atomic mass is 32.1. The molecule has 0 aliphatic carbocycles. The van der Waals surface area contributed by atoms with Crippen molar-refractivity contribution in [2.24, 2.45) is 0 Å². The Morgan fingerprint density at radius 3 is 2.95 bits per heavy atom. The van der Waals surface area contributed by atoms with Gasteiger partial charge in [-0.05, 0) is 17.9 Å². The van der Waals surface area contributed by atoms with Crippen LogP contribution in [0.25, 0.3) is 4.96 Å². The van der Waals surface area contributed by atoms with E-state index in [9.17, 15) is 9.59 Å². The molecule has 1 amide bonds. The van der Waals surface area contributed by atoms with Crippen molar-refractivity contribution in [3.63, 3.8) is 0 Å². The number of aromatic carboxylic acids is 1. The lowest BCUT2D eigenvalue weighted by Crippen LogP contribution is -2.16. The van der Waals surface area contributed by atoms with Crippen LogP contribution in [0, 0.1) is 6.92 Å². The number of amides is 1. The number of carbonyl (C=O) groups excluding carboxylic acids is 1. The van der Waals surface area contributed by atoms with E-state index in [0.717, 1.165) is 21.9 Å². The molecule has 2 N–H and O–H groups in total. The quantitative estimate of drug-likeness (QED) is 0.774. The van der Waals surface area contributed by atoms with Gasteiger partial charge in [0.1, 0.15) is 4.88 Å². The van der Waals surface area contributed by atoms with Gasteiger partial charge in [-0.1, -0.05) is 0 Å². The molecule has 0 saturated carbocycles. The zero-order valence-corrected chi connectivity index (χ0v) is 12.6. The van der Waals surface area contributed by atoms with Crippen LogP contribution in [-0.2, 0) is 11.2 Å². The molecule has 0 bridgehead atoms. The molecule has 8 heteroatoms. The maximum atomic E-state index is 12.1. The summed E-state index contributed by atoms with van der Waals surface area (Å²) in [6.07, 6.45) is 3.78. The van der Waals surface area contributed by atoms with E-state index in [4.69, 9.17) is 5.11 Å². The molecule has 0 aliphatic rings. The normalized spacial score (nSPS) is 10.9. The van der Waals surface area contributed by atoms with E-state index in [1.54, 1.807) is 18.5 Å². The molecule has 0 fully saturated rings. The molecule has 3 heterocycles. The second kappa shape index (κ2) is 5.30. The second-order valence-electron chi connectivity index (χ2n) is 4.48. The van der Waals surface area contributed by atoms with E-state index < -0.39 is 5.97 Å². The Labute approximate surface area is 127 Å². The predicted molar refractivity (Wildman–Crippen MR) is 81.4 cm³/mol. The fourth-order valence-corrected chi connectivity index (χ4v) is 3.53. The molecule has 0 unspecified atom stereocenters. The van der Waals surface area contributed by atoms with Gasteiger partial charge in [0.2, 0.25) is 5.91 Å². The van der Waals surface area contributed by atoms with Crippen molar-refractivity contribution in [1.29, 1.82) is 0 Å². The van der Waals surface area contributed by atoms with E-state index in [0.29, 0.717) is 11.4 Å². The van der Waals surface area contributed by atoms with Crippen LogP contribution in [0.1, 0.15) is 20.9 Å². The zero-order chi connectivity index (χ0) is 15.0. The fraction of sp³-hybridized carbons (Fsp3) is 0.154. The Morgan fingerprint density at radius 2 is 2.24 bits per heavy atom. The zero-order valence-electron chi connectivity index (χ0n) is 11.0. The second-order valence-corrected chi connectivity index (χ2v) is 6.23. The molecule has 3 aromatic rings. The number of rotatable bonds is 4. The fourth-order valence-electron chi connectivity index (χ4n) is 1.97. The first-order chi connectivity index (χ1) is 10.0. The van der Waals surface area contributed by atoms with E-state index in [2.05, 4.69) is 10.3 Å². The van der Waals surface area contributed by atoms with Crippen LogP contribution in [0.4, 0.5) is 5.69 Å². The Morgan fingerprint density at radius 1 is 1.43 bits per heavy atom. The summed E-state index contributed by atoms with van der Waals surface area (Å²) in [6.45, 7) is 1.77. The molecule has 6 nitrogen and oxygen atoms in total. The summed E-state index contributed by atoms with van der Waals surface area (Å²) < 4.78 is 1.85. The van der Waals surface area contributed by atoms with Crippen LogP contribution in [-0.4, -0.2) is 26.4 Å². The molecule has 108 valence electrons. The lowest BCUT2D eigenvalue weighted by molar-refractivity contribution is -0.115. The molecule has 0 aliphatic heterocycles. The maximum Gasteiger partial charge on any atom is 0.348 e. The minimum absolute atomic E-state index is 0.114. The number of carbonyl (C=O) groups is 2. The Kier molecular flexibility index (Phi) is 3.48. The molecule has 3 aromatic heterocycles. The average Bonchev–Trinajstić information content (AvgIpc) is 3.05. The van der Waals surface area contributed by atoms with Gasteiger partial charge in [-0.15, -0.1) is 22.7 Å². The van der Waals surface area contributed by atoms with E-state index >= 15 is 0 Å². The number of anilines is 1. The molecular weight excluding hydrogens is 310 g/mol. The number of fused-ring (bicyclic) bond motifs is 1. The van der Waals surface area contributed by atoms with Gasteiger partial charge in [-0.25, -0.2) is 9.78 Å².